The standard InChI is InChI=1S/C41H43Cl2N5O5/c1-21-15-27-19-33(41(50)51)46(12-14-52-7)37(27)32(16-21)47-20-24(4)48-38-30(10-11-31(42)35(38)34-25(5)44-45-26(34)6)29(39(48)40(47)49)9-8-13-53-28-17-22(2)36(43)23(3)18-28/h10-11,15-19,24H,8-9,12-14,20H2,1-7H3,(H,44,45)(H,50,51)/t24-/m1/s1. The molecule has 1 amide bonds. The first-order valence-electron chi connectivity index (χ1n) is 17.8. The van der Waals surface area contributed by atoms with Crippen molar-refractivity contribution in [3.05, 3.63) is 97.5 Å². The van der Waals surface area contributed by atoms with Crippen molar-refractivity contribution in [2.45, 2.75) is 67.0 Å². The highest BCUT2D eigenvalue weighted by Crippen LogP contribution is 2.45. The Morgan fingerprint density at radius 2 is 1.74 bits per heavy atom. The monoisotopic (exact) mass is 755 g/mol. The lowest BCUT2D eigenvalue weighted by molar-refractivity contribution is 0.0683. The summed E-state index contributed by atoms with van der Waals surface area (Å²) in [6, 6.07) is 13.3. The lowest BCUT2D eigenvalue weighted by Crippen LogP contribution is -2.43. The molecule has 1 aliphatic rings. The smallest absolute Gasteiger partial charge is 0.352 e. The highest BCUT2D eigenvalue weighted by atomic mass is 35.5. The van der Waals surface area contributed by atoms with E-state index in [1.54, 1.807) is 17.7 Å². The number of aromatic amines is 1. The Bertz CT molecular complexity index is 2400. The average molecular weight is 757 g/mol. The number of carbonyl (C=O) groups excluding carboxylic acids is 1. The lowest BCUT2D eigenvalue weighted by atomic mass is 9.98. The van der Waals surface area contributed by atoms with Crippen molar-refractivity contribution >= 4 is 62.6 Å². The fraction of sp³-hybridized carbons (Fsp3) is 0.341. The maximum absolute atomic E-state index is 15.2. The molecule has 0 bridgehead atoms. The molecule has 7 rings (SSSR count). The van der Waals surface area contributed by atoms with Crippen molar-refractivity contribution in [3.63, 3.8) is 0 Å². The van der Waals surface area contributed by atoms with E-state index in [4.69, 9.17) is 32.7 Å². The molecular formula is C41H43Cl2N5O5. The first-order valence-corrected chi connectivity index (χ1v) is 18.5. The molecule has 0 unspecified atom stereocenters. The van der Waals surface area contributed by atoms with Crippen LogP contribution in [0.5, 0.6) is 5.75 Å². The minimum absolute atomic E-state index is 0.146. The van der Waals surface area contributed by atoms with Crippen LogP contribution in [0.15, 0.2) is 42.5 Å². The van der Waals surface area contributed by atoms with Gasteiger partial charge >= 0.3 is 5.97 Å². The first kappa shape index (κ1) is 36.6. The summed E-state index contributed by atoms with van der Waals surface area (Å²) in [5.74, 6) is -0.447. The summed E-state index contributed by atoms with van der Waals surface area (Å²) >= 11 is 13.5. The molecule has 0 radical (unpaired) electrons. The molecule has 53 heavy (non-hydrogen) atoms. The maximum atomic E-state index is 15.2. The molecule has 3 aromatic carbocycles. The second-order valence-electron chi connectivity index (χ2n) is 14.1. The fourth-order valence-electron chi connectivity index (χ4n) is 8.06. The summed E-state index contributed by atoms with van der Waals surface area (Å²) < 4.78 is 15.5. The maximum Gasteiger partial charge on any atom is 0.352 e. The Morgan fingerprint density at radius 1 is 1.00 bits per heavy atom. The summed E-state index contributed by atoms with van der Waals surface area (Å²) in [5, 5.41) is 20.8. The summed E-state index contributed by atoms with van der Waals surface area (Å²) in [6.07, 6.45) is 1.21. The van der Waals surface area contributed by atoms with Crippen LogP contribution in [0.4, 0.5) is 5.69 Å². The van der Waals surface area contributed by atoms with Gasteiger partial charge in [0.1, 0.15) is 17.1 Å². The van der Waals surface area contributed by atoms with Crippen LogP contribution >= 0.6 is 23.2 Å². The number of benzene rings is 3. The Balaban J connectivity index is 1.39. The zero-order chi connectivity index (χ0) is 37.9. The molecule has 0 spiro atoms. The van der Waals surface area contributed by atoms with E-state index < -0.39 is 5.97 Å². The Hall–Kier alpha value is -4.77. The van der Waals surface area contributed by atoms with Crippen LogP contribution in [0.1, 0.15) is 74.0 Å². The molecule has 0 saturated carbocycles. The molecule has 0 saturated heterocycles. The van der Waals surface area contributed by atoms with Crippen LogP contribution in [0.25, 0.3) is 32.9 Å². The molecule has 3 aromatic heterocycles. The van der Waals surface area contributed by atoms with Gasteiger partial charge in [-0.05, 0) is 113 Å². The van der Waals surface area contributed by atoms with E-state index in [-0.39, 0.29) is 17.6 Å². The highest BCUT2D eigenvalue weighted by Gasteiger charge is 2.38. The molecule has 2 N–H and O–H groups in total. The molecule has 1 atom stereocenters. The van der Waals surface area contributed by atoms with Gasteiger partial charge in [-0.15, -0.1) is 0 Å². The van der Waals surface area contributed by atoms with Crippen LogP contribution < -0.4 is 9.64 Å². The van der Waals surface area contributed by atoms with Gasteiger partial charge in [0, 0.05) is 58.9 Å². The summed E-state index contributed by atoms with van der Waals surface area (Å²) in [5.41, 5.74) is 10.2. The van der Waals surface area contributed by atoms with Gasteiger partial charge in [-0.25, -0.2) is 4.79 Å². The highest BCUT2D eigenvalue weighted by molar-refractivity contribution is 6.35. The molecule has 10 nitrogen and oxygen atoms in total. The van der Waals surface area contributed by atoms with Crippen molar-refractivity contribution in [1.82, 2.24) is 19.3 Å². The topological polar surface area (TPSA) is 115 Å². The third-order valence-electron chi connectivity index (χ3n) is 10.3. The van der Waals surface area contributed by atoms with Crippen LogP contribution in [0.2, 0.25) is 10.0 Å². The Kier molecular flexibility index (Phi) is 9.82. The van der Waals surface area contributed by atoms with Crippen LogP contribution in [0, 0.1) is 34.6 Å². The van der Waals surface area contributed by atoms with Crippen molar-refractivity contribution in [2.75, 3.05) is 31.8 Å². The van der Waals surface area contributed by atoms with Crippen molar-refractivity contribution in [2.24, 2.45) is 0 Å². The molecule has 12 heteroatoms. The number of carbonyl (C=O) groups is 2. The van der Waals surface area contributed by atoms with Gasteiger partial charge in [-0.2, -0.15) is 5.10 Å². The van der Waals surface area contributed by atoms with Gasteiger partial charge in [-0.1, -0.05) is 29.3 Å². The minimum atomic E-state index is -1.04. The predicted octanol–water partition coefficient (Wildman–Crippen LogP) is 9.41. The van der Waals surface area contributed by atoms with Crippen molar-refractivity contribution < 1.29 is 24.2 Å². The van der Waals surface area contributed by atoms with Crippen LogP contribution in [0.3, 0.4) is 0 Å². The van der Waals surface area contributed by atoms with Crippen molar-refractivity contribution in [1.29, 1.82) is 0 Å². The van der Waals surface area contributed by atoms with E-state index in [0.717, 1.165) is 71.8 Å². The number of aromatic nitrogens is 4. The molecular weight excluding hydrogens is 713 g/mol. The first-order chi connectivity index (χ1) is 25.3. The average Bonchev–Trinajstić information content (AvgIpc) is 3.76. The zero-order valence-corrected chi connectivity index (χ0v) is 32.5. The number of anilines is 1. The SMILES string of the molecule is COCCn1c(C(=O)O)cc2cc(C)cc(N3C[C@@H](C)n4c(c(CCCOc5cc(C)c(Cl)c(C)c5)c5ccc(Cl)c(-c6c(C)n[nH]c6C)c54)C3=O)c21. The van der Waals surface area contributed by atoms with Gasteiger partial charge in [-0.3, -0.25) is 9.89 Å². The number of nitrogens with one attached hydrogen (secondary N) is 1. The number of carboxylic acid groups (broad SMARTS) is 1. The number of hydrogen-bond donors (Lipinski definition) is 2. The second-order valence-corrected chi connectivity index (χ2v) is 14.9. The number of amides is 1. The lowest BCUT2D eigenvalue weighted by Gasteiger charge is -2.35. The van der Waals surface area contributed by atoms with Crippen LogP contribution in [-0.4, -0.2) is 63.2 Å². The summed E-state index contributed by atoms with van der Waals surface area (Å²) in [4.78, 5) is 29.5. The number of nitrogens with zero attached hydrogens (tertiary/aromatic N) is 4. The molecule has 1 aliphatic heterocycles. The zero-order valence-electron chi connectivity index (χ0n) is 31.0. The van der Waals surface area contributed by atoms with E-state index in [1.807, 2.05) is 75.9 Å². The third kappa shape index (κ3) is 6.26. The number of carboxylic acids is 1. The van der Waals surface area contributed by atoms with Gasteiger partial charge in [0.2, 0.25) is 0 Å². The molecule has 0 fully saturated rings. The van der Waals surface area contributed by atoms with E-state index in [2.05, 4.69) is 21.7 Å². The second kappa shape index (κ2) is 14.2. The minimum Gasteiger partial charge on any atom is -0.494 e. The normalized spacial score (nSPS) is 14.5. The Labute approximate surface area is 318 Å². The number of ether oxygens (including phenoxy) is 2. The van der Waals surface area contributed by atoms with Gasteiger partial charge < -0.3 is 28.6 Å². The Morgan fingerprint density at radius 3 is 2.40 bits per heavy atom. The van der Waals surface area contributed by atoms with E-state index >= 15 is 4.79 Å². The number of methoxy groups -OCH3 is 1. The number of rotatable bonds is 11. The summed E-state index contributed by atoms with van der Waals surface area (Å²) in [7, 11) is 1.59. The predicted molar refractivity (Wildman–Crippen MR) is 211 cm³/mol. The van der Waals surface area contributed by atoms with E-state index in [0.29, 0.717) is 61.1 Å². The van der Waals surface area contributed by atoms with Gasteiger partial charge in [0.15, 0.2) is 0 Å². The van der Waals surface area contributed by atoms with Gasteiger partial charge in [0.05, 0.1) is 40.7 Å². The van der Waals surface area contributed by atoms with Gasteiger partial charge in [0.25, 0.3) is 5.91 Å². The van der Waals surface area contributed by atoms with E-state index in [1.165, 1.54) is 0 Å². The number of halogens is 2. The molecule has 276 valence electrons. The van der Waals surface area contributed by atoms with Crippen molar-refractivity contribution in [3.8, 4) is 16.9 Å². The largest absolute Gasteiger partial charge is 0.494 e. The molecule has 0 aliphatic carbocycles. The number of aryl methyl sites for hydroxylation is 6. The number of aromatic carboxylic acids is 1. The summed E-state index contributed by atoms with van der Waals surface area (Å²) in [6.45, 7) is 13.4. The van der Waals surface area contributed by atoms with Crippen LogP contribution in [-0.2, 0) is 17.7 Å². The number of fused-ring (bicyclic) bond motifs is 4. The number of H-pyrrole nitrogens is 1. The quantitative estimate of drug-likeness (QED) is 0.127. The fourth-order valence-corrected chi connectivity index (χ4v) is 8.41. The molecule has 6 aromatic rings. The van der Waals surface area contributed by atoms with E-state index in [9.17, 15) is 9.90 Å². The number of hydrogen-bond acceptors (Lipinski definition) is 5. The molecule has 4 heterocycles. The third-order valence-corrected chi connectivity index (χ3v) is 11.2.